The number of hydrogen-bond donors (Lipinski definition) is 2. The molecule has 2 N–H and O–H groups in total. The summed E-state index contributed by atoms with van der Waals surface area (Å²) in [7, 11) is -3.43. The van der Waals surface area contributed by atoms with Crippen molar-refractivity contribution < 1.29 is 8.42 Å². The summed E-state index contributed by atoms with van der Waals surface area (Å²) in [5.41, 5.74) is 0. The predicted octanol–water partition coefficient (Wildman–Crippen LogP) is 1.93. The van der Waals surface area contributed by atoms with Crippen LogP contribution in [-0.4, -0.2) is 38.0 Å². The molecule has 0 radical (unpaired) electrons. The van der Waals surface area contributed by atoms with Crippen LogP contribution in [0.15, 0.2) is 23.2 Å². The SMILES string of the molecule is CCCNc1cc(S(=O)(=O)NCC2CCSC2)ccn1. The maximum atomic E-state index is 12.2. The largest absolute Gasteiger partial charge is 0.370 e. The minimum Gasteiger partial charge on any atom is -0.370 e. The zero-order valence-corrected chi connectivity index (χ0v) is 13.3. The number of nitrogens with one attached hydrogen (secondary N) is 2. The third kappa shape index (κ3) is 4.36. The van der Waals surface area contributed by atoms with Crippen LogP contribution >= 0.6 is 11.8 Å². The Morgan fingerprint density at radius 2 is 2.35 bits per heavy atom. The summed E-state index contributed by atoms with van der Waals surface area (Å²) in [4.78, 5) is 4.40. The molecule has 20 heavy (non-hydrogen) atoms. The van der Waals surface area contributed by atoms with Crippen molar-refractivity contribution in [3.63, 3.8) is 0 Å². The van der Waals surface area contributed by atoms with Crippen LogP contribution in [0.25, 0.3) is 0 Å². The van der Waals surface area contributed by atoms with E-state index in [1.54, 1.807) is 6.07 Å². The Hall–Kier alpha value is -0.790. The molecular formula is C13H21N3O2S2. The van der Waals surface area contributed by atoms with E-state index in [4.69, 9.17) is 0 Å². The molecule has 0 amide bonds. The van der Waals surface area contributed by atoms with Gasteiger partial charge in [0.25, 0.3) is 0 Å². The number of nitrogens with zero attached hydrogens (tertiary/aromatic N) is 1. The molecule has 0 saturated carbocycles. The van der Waals surface area contributed by atoms with Gasteiger partial charge in [-0.1, -0.05) is 6.92 Å². The first kappa shape index (κ1) is 15.6. The van der Waals surface area contributed by atoms with Gasteiger partial charge in [0.2, 0.25) is 10.0 Å². The van der Waals surface area contributed by atoms with Gasteiger partial charge in [0.15, 0.2) is 0 Å². The van der Waals surface area contributed by atoms with Crippen LogP contribution in [0.1, 0.15) is 19.8 Å². The van der Waals surface area contributed by atoms with Crippen molar-refractivity contribution in [1.29, 1.82) is 0 Å². The first-order valence-electron chi connectivity index (χ1n) is 6.89. The van der Waals surface area contributed by atoms with E-state index < -0.39 is 10.0 Å². The van der Waals surface area contributed by atoms with Gasteiger partial charge in [-0.3, -0.25) is 0 Å². The third-order valence-electron chi connectivity index (χ3n) is 3.18. The lowest BCUT2D eigenvalue weighted by atomic mass is 10.1. The molecule has 5 nitrogen and oxygen atoms in total. The Balaban J connectivity index is 2.00. The van der Waals surface area contributed by atoms with E-state index in [-0.39, 0.29) is 4.90 Å². The summed E-state index contributed by atoms with van der Waals surface area (Å²) < 4.78 is 27.2. The number of sulfonamides is 1. The molecule has 1 unspecified atom stereocenters. The quantitative estimate of drug-likeness (QED) is 0.804. The maximum Gasteiger partial charge on any atom is 0.240 e. The molecule has 1 aliphatic rings. The zero-order chi connectivity index (χ0) is 14.4. The van der Waals surface area contributed by atoms with Crippen LogP contribution in [0.2, 0.25) is 0 Å². The van der Waals surface area contributed by atoms with Crippen LogP contribution in [0.3, 0.4) is 0 Å². The van der Waals surface area contributed by atoms with Crippen molar-refractivity contribution >= 4 is 27.6 Å². The van der Waals surface area contributed by atoms with Gasteiger partial charge in [-0.2, -0.15) is 11.8 Å². The average Bonchev–Trinajstić information content (AvgIpc) is 2.97. The molecule has 1 fully saturated rings. The zero-order valence-electron chi connectivity index (χ0n) is 11.6. The van der Waals surface area contributed by atoms with E-state index in [9.17, 15) is 8.42 Å². The number of anilines is 1. The Bertz CT molecular complexity index is 528. The highest BCUT2D eigenvalue weighted by molar-refractivity contribution is 7.99. The second-order valence-corrected chi connectivity index (χ2v) is 7.80. The molecule has 1 aliphatic heterocycles. The lowest BCUT2D eigenvalue weighted by Crippen LogP contribution is -2.29. The smallest absolute Gasteiger partial charge is 0.240 e. The van der Waals surface area contributed by atoms with E-state index in [2.05, 4.69) is 21.9 Å². The molecule has 1 saturated heterocycles. The first-order chi connectivity index (χ1) is 9.62. The van der Waals surface area contributed by atoms with Crippen molar-refractivity contribution in [2.45, 2.75) is 24.7 Å². The second kappa shape index (κ2) is 7.28. The lowest BCUT2D eigenvalue weighted by Gasteiger charge is -2.11. The maximum absolute atomic E-state index is 12.2. The fourth-order valence-corrected chi connectivity index (χ4v) is 4.40. The molecule has 0 aliphatic carbocycles. The minimum atomic E-state index is -3.43. The Morgan fingerprint density at radius 3 is 3.05 bits per heavy atom. The highest BCUT2D eigenvalue weighted by Gasteiger charge is 2.20. The lowest BCUT2D eigenvalue weighted by molar-refractivity contribution is 0.545. The standard InChI is InChI=1S/C13H21N3O2S2/c1-2-5-14-13-8-12(3-6-15-13)20(17,18)16-9-11-4-7-19-10-11/h3,6,8,11,16H,2,4-5,7,9-10H2,1H3,(H,14,15). The van der Waals surface area contributed by atoms with Crippen LogP contribution in [-0.2, 0) is 10.0 Å². The predicted molar refractivity (Wildman–Crippen MR) is 83.6 cm³/mol. The van der Waals surface area contributed by atoms with Gasteiger partial charge in [0, 0.05) is 25.4 Å². The highest BCUT2D eigenvalue weighted by Crippen LogP contribution is 2.23. The molecule has 2 heterocycles. The molecule has 1 aromatic rings. The monoisotopic (exact) mass is 315 g/mol. The highest BCUT2D eigenvalue weighted by atomic mass is 32.2. The van der Waals surface area contributed by atoms with Crippen molar-refractivity contribution in [2.75, 3.05) is 29.9 Å². The average molecular weight is 315 g/mol. The second-order valence-electron chi connectivity index (χ2n) is 4.89. The van der Waals surface area contributed by atoms with E-state index >= 15 is 0 Å². The van der Waals surface area contributed by atoms with E-state index in [0.29, 0.717) is 18.3 Å². The summed E-state index contributed by atoms with van der Waals surface area (Å²) in [5, 5.41) is 3.10. The van der Waals surface area contributed by atoms with E-state index in [0.717, 1.165) is 30.9 Å². The molecule has 0 spiro atoms. The molecule has 1 aromatic heterocycles. The van der Waals surface area contributed by atoms with Crippen LogP contribution in [0.4, 0.5) is 5.82 Å². The van der Waals surface area contributed by atoms with Gasteiger partial charge in [0.1, 0.15) is 5.82 Å². The first-order valence-corrected chi connectivity index (χ1v) is 9.53. The van der Waals surface area contributed by atoms with Gasteiger partial charge in [-0.05, 0) is 36.3 Å². The molecule has 112 valence electrons. The van der Waals surface area contributed by atoms with Crippen LogP contribution in [0.5, 0.6) is 0 Å². The summed E-state index contributed by atoms with van der Waals surface area (Å²) in [6.07, 6.45) is 3.58. The van der Waals surface area contributed by atoms with Crippen molar-refractivity contribution in [3.05, 3.63) is 18.3 Å². The summed E-state index contributed by atoms with van der Waals surface area (Å²) in [6.45, 7) is 3.35. The van der Waals surface area contributed by atoms with Gasteiger partial charge < -0.3 is 5.32 Å². The summed E-state index contributed by atoms with van der Waals surface area (Å²) >= 11 is 1.89. The minimum absolute atomic E-state index is 0.275. The van der Waals surface area contributed by atoms with Gasteiger partial charge in [-0.15, -0.1) is 0 Å². The number of pyridine rings is 1. The van der Waals surface area contributed by atoms with Crippen molar-refractivity contribution in [3.8, 4) is 0 Å². The third-order valence-corrected chi connectivity index (χ3v) is 5.84. The van der Waals surface area contributed by atoms with E-state index in [1.807, 2.05) is 11.8 Å². The van der Waals surface area contributed by atoms with Crippen LogP contribution < -0.4 is 10.0 Å². The molecule has 0 bridgehead atoms. The molecule has 7 heteroatoms. The number of hydrogen-bond acceptors (Lipinski definition) is 5. The number of rotatable bonds is 7. The van der Waals surface area contributed by atoms with Gasteiger partial charge in [-0.25, -0.2) is 18.1 Å². The Kier molecular flexibility index (Phi) is 5.68. The van der Waals surface area contributed by atoms with E-state index in [1.165, 1.54) is 12.3 Å². The molecule has 1 atom stereocenters. The normalized spacial score (nSPS) is 19.1. The topological polar surface area (TPSA) is 71.1 Å². The Morgan fingerprint density at radius 1 is 1.50 bits per heavy atom. The van der Waals surface area contributed by atoms with Gasteiger partial charge >= 0.3 is 0 Å². The fourth-order valence-electron chi connectivity index (χ4n) is 1.98. The van der Waals surface area contributed by atoms with Gasteiger partial charge in [0.05, 0.1) is 4.90 Å². The Labute approximate surface area is 125 Å². The summed E-state index contributed by atoms with van der Waals surface area (Å²) in [5.74, 6) is 3.23. The fraction of sp³-hybridized carbons (Fsp3) is 0.615. The molecular weight excluding hydrogens is 294 g/mol. The molecule has 0 aromatic carbocycles. The summed E-state index contributed by atoms with van der Waals surface area (Å²) in [6, 6.07) is 3.12. The van der Waals surface area contributed by atoms with Crippen LogP contribution in [0, 0.1) is 5.92 Å². The molecule has 2 rings (SSSR count). The van der Waals surface area contributed by atoms with Crippen molar-refractivity contribution in [1.82, 2.24) is 9.71 Å². The number of aromatic nitrogens is 1. The van der Waals surface area contributed by atoms with Crippen molar-refractivity contribution in [2.24, 2.45) is 5.92 Å². The number of thioether (sulfide) groups is 1.